The van der Waals surface area contributed by atoms with Gasteiger partial charge in [0.2, 0.25) is 5.91 Å². The summed E-state index contributed by atoms with van der Waals surface area (Å²) in [4.78, 5) is 20.2. The fourth-order valence-corrected chi connectivity index (χ4v) is 2.22. The van der Waals surface area contributed by atoms with Crippen molar-refractivity contribution in [2.45, 2.75) is 19.4 Å². The maximum atomic E-state index is 12.2. The van der Waals surface area contributed by atoms with Crippen LogP contribution in [0.3, 0.4) is 0 Å². The van der Waals surface area contributed by atoms with E-state index in [2.05, 4.69) is 9.88 Å². The van der Waals surface area contributed by atoms with E-state index < -0.39 is 5.54 Å². The van der Waals surface area contributed by atoms with Crippen molar-refractivity contribution < 1.29 is 4.79 Å². The number of anilines is 1. The number of amides is 1. The summed E-state index contributed by atoms with van der Waals surface area (Å²) in [5.41, 5.74) is 1.33. The Hall–Kier alpha value is -0.940. The van der Waals surface area contributed by atoms with Crippen molar-refractivity contribution in [3.8, 4) is 0 Å². The molecule has 1 aliphatic heterocycles. The first kappa shape index (κ1) is 10.6. The summed E-state index contributed by atoms with van der Waals surface area (Å²) in [5, 5.41) is 1.92. The van der Waals surface area contributed by atoms with Crippen molar-refractivity contribution in [2.24, 2.45) is 0 Å². The second kappa shape index (κ2) is 3.57. The van der Waals surface area contributed by atoms with Gasteiger partial charge in [0.25, 0.3) is 0 Å². The average Bonchev–Trinajstić information content (AvgIpc) is 2.68. The smallest absolute Gasteiger partial charge is 0.248 e. The first-order valence-electron chi connectivity index (χ1n) is 4.95. The van der Waals surface area contributed by atoms with Gasteiger partial charge in [-0.25, -0.2) is 4.98 Å². The molecule has 1 aromatic rings. The molecule has 15 heavy (non-hydrogen) atoms. The maximum Gasteiger partial charge on any atom is 0.248 e. The van der Waals surface area contributed by atoms with E-state index in [-0.39, 0.29) is 5.91 Å². The van der Waals surface area contributed by atoms with E-state index in [1.54, 1.807) is 10.4 Å². The summed E-state index contributed by atoms with van der Waals surface area (Å²) in [6.07, 6.45) is 0. The highest BCUT2D eigenvalue weighted by atomic mass is 32.1. The largest absolute Gasteiger partial charge is 0.293 e. The third-order valence-corrected chi connectivity index (χ3v) is 3.65. The van der Waals surface area contributed by atoms with Crippen LogP contribution in [0.1, 0.15) is 13.8 Å². The number of hydrogen-bond donors (Lipinski definition) is 0. The quantitative estimate of drug-likeness (QED) is 0.720. The summed E-state index contributed by atoms with van der Waals surface area (Å²) in [5.74, 6) is 0.910. The molecule has 0 bridgehead atoms. The minimum absolute atomic E-state index is 0.127. The number of nitrogens with zero attached hydrogens (tertiary/aromatic N) is 3. The molecule has 4 nitrogen and oxygen atoms in total. The summed E-state index contributed by atoms with van der Waals surface area (Å²) in [6.45, 7) is 5.51. The highest BCUT2D eigenvalue weighted by Gasteiger charge is 2.40. The van der Waals surface area contributed by atoms with Gasteiger partial charge in [0.15, 0.2) is 0 Å². The van der Waals surface area contributed by atoms with Gasteiger partial charge in [0, 0.05) is 18.5 Å². The molecule has 0 spiro atoms. The van der Waals surface area contributed by atoms with Crippen LogP contribution in [0.5, 0.6) is 0 Å². The van der Waals surface area contributed by atoms with Crippen LogP contribution in [0.4, 0.5) is 5.82 Å². The third kappa shape index (κ3) is 1.66. The molecule has 0 saturated carbocycles. The zero-order valence-corrected chi connectivity index (χ0v) is 10.0. The number of aromatic nitrogens is 1. The van der Waals surface area contributed by atoms with Gasteiger partial charge in [-0.05, 0) is 20.9 Å². The Balaban J connectivity index is 2.27. The molecule has 0 unspecified atom stereocenters. The molecule has 2 heterocycles. The summed E-state index contributed by atoms with van der Waals surface area (Å²) in [6, 6.07) is 0. The Bertz CT molecular complexity index is 361. The molecule has 0 aliphatic carbocycles. The number of rotatable bonds is 1. The van der Waals surface area contributed by atoms with Crippen LogP contribution in [0.25, 0.3) is 0 Å². The highest BCUT2D eigenvalue weighted by molar-refractivity contribution is 7.07. The lowest BCUT2D eigenvalue weighted by atomic mass is 9.98. The number of piperazine rings is 1. The van der Waals surface area contributed by atoms with Crippen LogP contribution >= 0.6 is 11.3 Å². The molecule has 2 rings (SSSR count). The fraction of sp³-hybridized carbons (Fsp3) is 0.600. The predicted molar refractivity (Wildman–Crippen MR) is 61.2 cm³/mol. The second-order valence-corrected chi connectivity index (χ2v) is 5.00. The van der Waals surface area contributed by atoms with E-state index in [1.165, 1.54) is 11.3 Å². The van der Waals surface area contributed by atoms with E-state index in [0.29, 0.717) is 0 Å². The standard InChI is InChI=1S/C10H15N3OS/c1-10(2)9(14)13(5-4-12(10)3)8-6-15-7-11-8/h6-7H,4-5H2,1-3H3. The van der Waals surface area contributed by atoms with Gasteiger partial charge in [-0.2, -0.15) is 0 Å². The Morgan fingerprint density at radius 1 is 1.47 bits per heavy atom. The van der Waals surface area contributed by atoms with Gasteiger partial charge >= 0.3 is 0 Å². The zero-order chi connectivity index (χ0) is 11.1. The molecule has 5 heteroatoms. The lowest BCUT2D eigenvalue weighted by molar-refractivity contribution is -0.130. The summed E-state index contributed by atoms with van der Waals surface area (Å²) < 4.78 is 0. The minimum Gasteiger partial charge on any atom is -0.293 e. The fourth-order valence-electron chi connectivity index (χ4n) is 1.68. The first-order chi connectivity index (χ1) is 7.03. The van der Waals surface area contributed by atoms with E-state index in [4.69, 9.17) is 0 Å². The minimum atomic E-state index is -0.429. The number of carbonyl (C=O) groups excluding carboxylic acids is 1. The van der Waals surface area contributed by atoms with Crippen LogP contribution in [0.15, 0.2) is 10.9 Å². The van der Waals surface area contributed by atoms with Crippen molar-refractivity contribution in [3.05, 3.63) is 10.9 Å². The number of carbonyl (C=O) groups is 1. The van der Waals surface area contributed by atoms with Crippen molar-refractivity contribution in [2.75, 3.05) is 25.0 Å². The topological polar surface area (TPSA) is 36.4 Å². The predicted octanol–water partition coefficient (Wildman–Crippen LogP) is 1.20. The Morgan fingerprint density at radius 2 is 2.20 bits per heavy atom. The Labute approximate surface area is 93.5 Å². The summed E-state index contributed by atoms with van der Waals surface area (Å²) >= 11 is 1.52. The van der Waals surface area contributed by atoms with Crippen LogP contribution in [-0.2, 0) is 4.79 Å². The SMILES string of the molecule is CN1CCN(c2cscn2)C(=O)C1(C)C. The van der Waals surface area contributed by atoms with Gasteiger partial charge in [-0.3, -0.25) is 14.6 Å². The molecule has 1 aromatic heterocycles. The van der Waals surface area contributed by atoms with Crippen LogP contribution in [0.2, 0.25) is 0 Å². The lowest BCUT2D eigenvalue weighted by Gasteiger charge is -2.43. The normalized spacial score (nSPS) is 22.1. The molecule has 0 atom stereocenters. The number of likely N-dealkylation sites (N-methyl/N-ethyl adjacent to an activating group) is 1. The summed E-state index contributed by atoms with van der Waals surface area (Å²) in [7, 11) is 1.98. The Morgan fingerprint density at radius 3 is 2.80 bits per heavy atom. The van der Waals surface area contributed by atoms with Crippen molar-refractivity contribution in [1.29, 1.82) is 0 Å². The third-order valence-electron chi connectivity index (χ3n) is 3.08. The van der Waals surface area contributed by atoms with Crippen molar-refractivity contribution in [3.63, 3.8) is 0 Å². The average molecular weight is 225 g/mol. The van der Waals surface area contributed by atoms with Gasteiger partial charge < -0.3 is 0 Å². The van der Waals surface area contributed by atoms with Crippen LogP contribution in [0, 0.1) is 0 Å². The van der Waals surface area contributed by atoms with Crippen LogP contribution in [-0.4, -0.2) is 41.5 Å². The lowest BCUT2D eigenvalue weighted by Crippen LogP contribution is -2.62. The molecule has 82 valence electrons. The van der Waals surface area contributed by atoms with E-state index in [1.807, 2.05) is 26.3 Å². The Kier molecular flexibility index (Phi) is 2.52. The van der Waals surface area contributed by atoms with E-state index >= 15 is 0 Å². The first-order valence-corrected chi connectivity index (χ1v) is 5.89. The highest BCUT2D eigenvalue weighted by Crippen LogP contribution is 2.25. The zero-order valence-electron chi connectivity index (χ0n) is 9.23. The molecular formula is C10H15N3OS. The van der Waals surface area contributed by atoms with E-state index in [0.717, 1.165) is 18.9 Å². The van der Waals surface area contributed by atoms with Gasteiger partial charge in [0.05, 0.1) is 11.0 Å². The van der Waals surface area contributed by atoms with Gasteiger partial charge in [-0.1, -0.05) is 0 Å². The number of thiazole rings is 1. The van der Waals surface area contributed by atoms with Crippen molar-refractivity contribution in [1.82, 2.24) is 9.88 Å². The van der Waals surface area contributed by atoms with Crippen LogP contribution < -0.4 is 4.90 Å². The van der Waals surface area contributed by atoms with Gasteiger partial charge in [0.1, 0.15) is 5.82 Å². The number of hydrogen-bond acceptors (Lipinski definition) is 4. The van der Waals surface area contributed by atoms with Gasteiger partial charge in [-0.15, -0.1) is 11.3 Å². The molecule has 1 aliphatic rings. The molecule has 0 N–H and O–H groups in total. The van der Waals surface area contributed by atoms with E-state index in [9.17, 15) is 4.79 Å². The monoisotopic (exact) mass is 225 g/mol. The molecular weight excluding hydrogens is 210 g/mol. The molecule has 0 aromatic carbocycles. The van der Waals surface area contributed by atoms with Crippen molar-refractivity contribution >= 4 is 23.1 Å². The molecule has 0 radical (unpaired) electrons. The molecule has 1 fully saturated rings. The molecule has 1 amide bonds. The maximum absolute atomic E-state index is 12.2. The second-order valence-electron chi connectivity index (χ2n) is 4.28. The molecule has 1 saturated heterocycles.